The summed E-state index contributed by atoms with van der Waals surface area (Å²) in [6.07, 6.45) is 0.882. The summed E-state index contributed by atoms with van der Waals surface area (Å²) in [5, 5.41) is 9.53. The smallest absolute Gasteiger partial charge is 0.313 e. The molecule has 3 rings (SSSR count). The van der Waals surface area contributed by atoms with Gasteiger partial charge < -0.3 is 9.84 Å². The molecule has 0 spiro atoms. The van der Waals surface area contributed by atoms with Crippen LogP contribution in [0.5, 0.6) is 5.75 Å². The molecule has 0 aromatic heterocycles. The molecule has 3 heteroatoms. The number of para-hydroxylation sites is 1. The fraction of sp³-hybridized carbons (Fsp3) is 0.235. The SMILES string of the molecule is O=C(O)C1(C(Oc2ccccc2)c2ccccc2)CC1. The van der Waals surface area contributed by atoms with E-state index >= 15 is 0 Å². The molecule has 0 radical (unpaired) electrons. The average Bonchev–Trinajstić information content (AvgIpc) is 3.28. The highest BCUT2D eigenvalue weighted by Crippen LogP contribution is 2.56. The first-order valence-corrected chi connectivity index (χ1v) is 6.72. The number of benzene rings is 2. The third-order valence-electron chi connectivity index (χ3n) is 3.82. The second kappa shape index (κ2) is 5.00. The molecule has 1 unspecified atom stereocenters. The van der Waals surface area contributed by atoms with Crippen LogP contribution in [0.2, 0.25) is 0 Å². The molecule has 102 valence electrons. The van der Waals surface area contributed by atoms with Crippen molar-refractivity contribution in [1.82, 2.24) is 0 Å². The third kappa shape index (κ3) is 2.27. The summed E-state index contributed by atoms with van der Waals surface area (Å²) >= 11 is 0. The Morgan fingerprint density at radius 2 is 1.55 bits per heavy atom. The summed E-state index contributed by atoms with van der Waals surface area (Å²) in [7, 11) is 0. The molecule has 1 atom stereocenters. The molecule has 3 nitrogen and oxygen atoms in total. The first-order valence-electron chi connectivity index (χ1n) is 6.72. The maximum Gasteiger partial charge on any atom is 0.313 e. The van der Waals surface area contributed by atoms with Crippen molar-refractivity contribution in [2.45, 2.75) is 18.9 Å². The predicted molar refractivity (Wildman–Crippen MR) is 75.6 cm³/mol. The number of rotatable bonds is 5. The molecule has 0 heterocycles. The molecule has 1 saturated carbocycles. The number of ether oxygens (including phenoxy) is 1. The first kappa shape index (κ1) is 12.7. The van der Waals surface area contributed by atoms with Gasteiger partial charge in [0.2, 0.25) is 0 Å². The molecule has 20 heavy (non-hydrogen) atoms. The molecule has 1 aliphatic carbocycles. The standard InChI is InChI=1S/C17H16O3/c18-16(19)17(11-12-17)15(13-7-3-1-4-8-13)20-14-9-5-2-6-10-14/h1-10,15H,11-12H2,(H,18,19). The van der Waals surface area contributed by atoms with E-state index in [4.69, 9.17) is 4.74 Å². The summed E-state index contributed by atoms with van der Waals surface area (Å²) in [5.41, 5.74) is 0.133. The van der Waals surface area contributed by atoms with Crippen LogP contribution in [0.3, 0.4) is 0 Å². The fourth-order valence-corrected chi connectivity index (χ4v) is 2.49. The lowest BCUT2D eigenvalue weighted by atomic mass is 9.92. The van der Waals surface area contributed by atoms with Crippen molar-refractivity contribution in [3.63, 3.8) is 0 Å². The van der Waals surface area contributed by atoms with E-state index in [0.717, 1.165) is 5.56 Å². The van der Waals surface area contributed by atoms with Crippen LogP contribution >= 0.6 is 0 Å². The van der Waals surface area contributed by atoms with Crippen molar-refractivity contribution < 1.29 is 14.6 Å². The zero-order valence-electron chi connectivity index (χ0n) is 11.0. The maximum absolute atomic E-state index is 11.6. The second-order valence-electron chi connectivity index (χ2n) is 5.18. The van der Waals surface area contributed by atoms with E-state index < -0.39 is 17.5 Å². The van der Waals surface area contributed by atoms with Crippen molar-refractivity contribution in [2.24, 2.45) is 5.41 Å². The van der Waals surface area contributed by atoms with Crippen LogP contribution in [0.4, 0.5) is 0 Å². The zero-order chi connectivity index (χ0) is 14.0. The topological polar surface area (TPSA) is 46.5 Å². The Balaban J connectivity index is 1.95. The highest BCUT2D eigenvalue weighted by molar-refractivity contribution is 5.79. The highest BCUT2D eigenvalue weighted by Gasteiger charge is 2.58. The van der Waals surface area contributed by atoms with Crippen molar-refractivity contribution >= 4 is 5.97 Å². The summed E-state index contributed by atoms with van der Waals surface area (Å²) in [4.78, 5) is 11.6. The predicted octanol–water partition coefficient (Wildman–Crippen LogP) is 3.67. The van der Waals surface area contributed by atoms with Gasteiger partial charge in [0.25, 0.3) is 0 Å². The minimum atomic E-state index is -0.781. The van der Waals surface area contributed by atoms with Crippen LogP contribution in [0, 0.1) is 5.41 Å². The molecule has 0 saturated heterocycles. The lowest BCUT2D eigenvalue weighted by Crippen LogP contribution is -2.27. The minimum Gasteiger partial charge on any atom is -0.485 e. The maximum atomic E-state index is 11.6. The lowest BCUT2D eigenvalue weighted by Gasteiger charge is -2.25. The molecule has 1 N–H and O–H groups in total. The summed E-state index contributed by atoms with van der Waals surface area (Å²) in [5.74, 6) is -0.0730. The minimum absolute atomic E-state index is 0.441. The van der Waals surface area contributed by atoms with Gasteiger partial charge in [0.05, 0.1) is 0 Å². The number of hydrogen-bond donors (Lipinski definition) is 1. The van der Waals surface area contributed by atoms with Crippen LogP contribution in [-0.4, -0.2) is 11.1 Å². The molecule has 0 amide bonds. The van der Waals surface area contributed by atoms with E-state index in [9.17, 15) is 9.90 Å². The highest BCUT2D eigenvalue weighted by atomic mass is 16.5. The fourth-order valence-electron chi connectivity index (χ4n) is 2.49. The molecule has 1 fully saturated rings. The normalized spacial score (nSPS) is 17.2. The van der Waals surface area contributed by atoms with Gasteiger partial charge in [-0.05, 0) is 30.5 Å². The van der Waals surface area contributed by atoms with E-state index in [2.05, 4.69) is 0 Å². The van der Waals surface area contributed by atoms with Crippen molar-refractivity contribution in [2.75, 3.05) is 0 Å². The Morgan fingerprint density at radius 3 is 2.05 bits per heavy atom. The monoisotopic (exact) mass is 268 g/mol. The Hall–Kier alpha value is -2.29. The summed E-state index contributed by atoms with van der Waals surface area (Å²) < 4.78 is 6.01. The molecular formula is C17H16O3. The van der Waals surface area contributed by atoms with E-state index in [1.54, 1.807) is 0 Å². The van der Waals surface area contributed by atoms with Gasteiger partial charge in [-0.1, -0.05) is 48.5 Å². The van der Waals surface area contributed by atoms with E-state index in [1.165, 1.54) is 0 Å². The second-order valence-corrected chi connectivity index (χ2v) is 5.18. The Bertz CT molecular complexity index is 588. The summed E-state index contributed by atoms with van der Waals surface area (Å²) in [6, 6.07) is 19.0. The summed E-state index contributed by atoms with van der Waals surface area (Å²) in [6.45, 7) is 0. The zero-order valence-corrected chi connectivity index (χ0v) is 11.0. The Morgan fingerprint density at radius 1 is 1.00 bits per heavy atom. The van der Waals surface area contributed by atoms with E-state index in [-0.39, 0.29) is 0 Å². The van der Waals surface area contributed by atoms with Crippen LogP contribution in [0.15, 0.2) is 60.7 Å². The largest absolute Gasteiger partial charge is 0.485 e. The van der Waals surface area contributed by atoms with Crippen LogP contribution in [0.25, 0.3) is 0 Å². The van der Waals surface area contributed by atoms with Gasteiger partial charge in [0.1, 0.15) is 17.3 Å². The van der Waals surface area contributed by atoms with Gasteiger partial charge in [0.15, 0.2) is 0 Å². The number of carbonyl (C=O) groups is 1. The van der Waals surface area contributed by atoms with Gasteiger partial charge in [-0.3, -0.25) is 4.79 Å². The van der Waals surface area contributed by atoms with Crippen molar-refractivity contribution in [3.05, 3.63) is 66.2 Å². The molecule has 2 aromatic rings. The number of aliphatic carboxylic acids is 1. The quantitative estimate of drug-likeness (QED) is 0.900. The lowest BCUT2D eigenvalue weighted by molar-refractivity contribution is -0.147. The van der Waals surface area contributed by atoms with Crippen LogP contribution in [0.1, 0.15) is 24.5 Å². The molecular weight excluding hydrogens is 252 g/mol. The molecule has 1 aliphatic rings. The van der Waals surface area contributed by atoms with E-state index in [0.29, 0.717) is 18.6 Å². The molecule has 0 aliphatic heterocycles. The van der Waals surface area contributed by atoms with Crippen molar-refractivity contribution in [3.8, 4) is 5.75 Å². The van der Waals surface area contributed by atoms with E-state index in [1.807, 2.05) is 60.7 Å². The first-order chi connectivity index (χ1) is 9.72. The Kier molecular flexibility index (Phi) is 3.18. The van der Waals surface area contributed by atoms with Gasteiger partial charge in [0, 0.05) is 0 Å². The Labute approximate surface area is 117 Å². The van der Waals surface area contributed by atoms with Gasteiger partial charge in [-0.25, -0.2) is 0 Å². The van der Waals surface area contributed by atoms with Gasteiger partial charge in [-0.2, -0.15) is 0 Å². The van der Waals surface area contributed by atoms with Gasteiger partial charge in [-0.15, -0.1) is 0 Å². The van der Waals surface area contributed by atoms with Gasteiger partial charge >= 0.3 is 5.97 Å². The number of carboxylic acid groups (broad SMARTS) is 1. The van der Waals surface area contributed by atoms with Crippen LogP contribution in [-0.2, 0) is 4.79 Å². The average molecular weight is 268 g/mol. The number of carboxylic acids is 1. The van der Waals surface area contributed by atoms with Crippen LogP contribution < -0.4 is 4.74 Å². The molecule has 0 bridgehead atoms. The molecule has 2 aromatic carbocycles. The van der Waals surface area contributed by atoms with Crippen molar-refractivity contribution in [1.29, 1.82) is 0 Å². The number of hydrogen-bond acceptors (Lipinski definition) is 2. The third-order valence-corrected chi connectivity index (χ3v) is 3.82.